The summed E-state index contributed by atoms with van der Waals surface area (Å²) in [6, 6.07) is 11.0. The predicted molar refractivity (Wildman–Crippen MR) is 61.9 cm³/mol. The average Bonchev–Trinajstić information content (AvgIpc) is 2.16. The summed E-state index contributed by atoms with van der Waals surface area (Å²) in [7, 11) is 0. The molecule has 0 radical (unpaired) electrons. The number of aromatic amines is 1. The topological polar surface area (TPSA) is 53.1 Å². The number of aromatic nitrogens is 1. The minimum atomic E-state index is -0.167. The summed E-state index contributed by atoms with van der Waals surface area (Å²) >= 11 is 0. The number of aliphatic hydroxyl groups excluding tert-OH is 1. The van der Waals surface area contributed by atoms with Crippen LogP contribution in [-0.2, 0) is 0 Å². The fourth-order valence-corrected chi connectivity index (χ4v) is 1.10. The minimum Gasteiger partial charge on any atom is -0.394 e. The molecule has 0 bridgehead atoms. The highest BCUT2D eigenvalue weighted by Gasteiger charge is 1.89. The van der Waals surface area contributed by atoms with E-state index in [1.807, 2.05) is 30.3 Å². The van der Waals surface area contributed by atoms with E-state index in [2.05, 4.69) is 4.98 Å². The Labute approximate surface area is 88.4 Å². The van der Waals surface area contributed by atoms with E-state index in [9.17, 15) is 4.79 Å². The van der Waals surface area contributed by atoms with E-state index in [4.69, 9.17) is 5.11 Å². The molecule has 2 N–H and O–H groups in total. The summed E-state index contributed by atoms with van der Waals surface area (Å²) in [5.41, 5.74) is 0.837. The summed E-state index contributed by atoms with van der Waals surface area (Å²) in [5, 5.41) is 9.12. The van der Waals surface area contributed by atoms with Crippen LogP contribution in [0.1, 0.15) is 13.8 Å². The summed E-state index contributed by atoms with van der Waals surface area (Å²) in [6.07, 6.45) is -0.167. The molecule has 2 rings (SSSR count). The molecule has 0 unspecified atom stereocenters. The SMILES string of the molecule is CC(C)O.O=c1ccc2ccccc2[nH]1. The average molecular weight is 205 g/mol. The third-order valence-electron chi connectivity index (χ3n) is 1.63. The number of hydrogen-bond donors (Lipinski definition) is 2. The highest BCUT2D eigenvalue weighted by molar-refractivity contribution is 5.77. The number of benzene rings is 1. The Morgan fingerprint density at radius 3 is 2.40 bits per heavy atom. The van der Waals surface area contributed by atoms with E-state index in [-0.39, 0.29) is 11.7 Å². The zero-order valence-electron chi connectivity index (χ0n) is 8.90. The number of fused-ring (bicyclic) bond motifs is 1. The van der Waals surface area contributed by atoms with Crippen LogP contribution in [0.3, 0.4) is 0 Å². The van der Waals surface area contributed by atoms with Crippen LogP contribution in [0, 0.1) is 0 Å². The molecule has 15 heavy (non-hydrogen) atoms. The van der Waals surface area contributed by atoms with Crippen molar-refractivity contribution in [1.82, 2.24) is 4.98 Å². The fourth-order valence-electron chi connectivity index (χ4n) is 1.10. The lowest BCUT2D eigenvalue weighted by Crippen LogP contribution is -2.01. The van der Waals surface area contributed by atoms with Gasteiger partial charge in [-0.05, 0) is 31.4 Å². The smallest absolute Gasteiger partial charge is 0.248 e. The molecule has 1 aromatic heterocycles. The number of nitrogens with one attached hydrogen (secondary N) is 1. The van der Waals surface area contributed by atoms with E-state index in [0.717, 1.165) is 10.9 Å². The molecule has 0 aliphatic rings. The van der Waals surface area contributed by atoms with E-state index in [1.165, 1.54) is 6.07 Å². The molecule has 0 saturated carbocycles. The van der Waals surface area contributed by atoms with Crippen molar-refractivity contribution in [2.75, 3.05) is 0 Å². The molecule has 0 saturated heterocycles. The molecule has 80 valence electrons. The second kappa shape index (κ2) is 5.32. The summed E-state index contributed by atoms with van der Waals surface area (Å²) in [6.45, 7) is 3.44. The normalized spacial score (nSPS) is 9.87. The van der Waals surface area contributed by atoms with Crippen LogP contribution in [0.5, 0.6) is 0 Å². The van der Waals surface area contributed by atoms with Crippen LogP contribution in [0.4, 0.5) is 0 Å². The van der Waals surface area contributed by atoms with Gasteiger partial charge in [-0.3, -0.25) is 4.79 Å². The van der Waals surface area contributed by atoms with Crippen LogP contribution in [0.25, 0.3) is 10.9 Å². The third kappa shape index (κ3) is 3.95. The lowest BCUT2D eigenvalue weighted by atomic mass is 10.2. The van der Waals surface area contributed by atoms with Gasteiger partial charge in [0.15, 0.2) is 0 Å². The van der Waals surface area contributed by atoms with E-state index in [1.54, 1.807) is 13.8 Å². The lowest BCUT2D eigenvalue weighted by molar-refractivity contribution is 0.216. The maximum absolute atomic E-state index is 10.8. The van der Waals surface area contributed by atoms with Crippen molar-refractivity contribution in [2.45, 2.75) is 20.0 Å². The van der Waals surface area contributed by atoms with E-state index < -0.39 is 0 Å². The van der Waals surface area contributed by atoms with Gasteiger partial charge in [0.2, 0.25) is 5.56 Å². The molecule has 1 aromatic carbocycles. The van der Waals surface area contributed by atoms with Crippen molar-refractivity contribution in [3.8, 4) is 0 Å². The predicted octanol–water partition coefficient (Wildman–Crippen LogP) is 1.92. The summed E-state index contributed by atoms with van der Waals surface area (Å²) in [4.78, 5) is 13.6. The largest absolute Gasteiger partial charge is 0.394 e. The Kier molecular flexibility index (Phi) is 4.06. The number of hydrogen-bond acceptors (Lipinski definition) is 2. The monoisotopic (exact) mass is 205 g/mol. The van der Waals surface area contributed by atoms with Gasteiger partial charge in [-0.25, -0.2) is 0 Å². The first-order valence-corrected chi connectivity index (χ1v) is 4.86. The quantitative estimate of drug-likeness (QED) is 0.690. The van der Waals surface area contributed by atoms with E-state index in [0.29, 0.717) is 0 Å². The van der Waals surface area contributed by atoms with Crippen molar-refractivity contribution in [1.29, 1.82) is 0 Å². The van der Waals surface area contributed by atoms with Crippen LogP contribution < -0.4 is 5.56 Å². The highest BCUT2D eigenvalue weighted by Crippen LogP contribution is 2.06. The standard InChI is InChI=1S/C9H7NO.C3H8O/c11-9-6-5-7-3-1-2-4-8(7)10-9;1-3(2)4/h1-6H,(H,10,11);3-4H,1-2H3. The molecule has 0 atom stereocenters. The van der Waals surface area contributed by atoms with Crippen LogP contribution in [-0.4, -0.2) is 16.2 Å². The molecule has 3 nitrogen and oxygen atoms in total. The van der Waals surface area contributed by atoms with Gasteiger partial charge in [-0.2, -0.15) is 0 Å². The number of H-pyrrole nitrogens is 1. The molecule has 3 heteroatoms. The molecule has 0 spiro atoms. The fraction of sp³-hybridized carbons (Fsp3) is 0.250. The number of aliphatic hydroxyl groups is 1. The molecule has 0 aliphatic heterocycles. The Bertz CT molecular complexity index is 471. The Hall–Kier alpha value is -1.61. The Morgan fingerprint density at radius 2 is 1.73 bits per heavy atom. The van der Waals surface area contributed by atoms with Gasteiger partial charge in [0, 0.05) is 17.7 Å². The van der Waals surface area contributed by atoms with Crippen molar-refractivity contribution in [2.24, 2.45) is 0 Å². The van der Waals surface area contributed by atoms with E-state index >= 15 is 0 Å². The Balaban J connectivity index is 0.000000245. The molecule has 1 heterocycles. The van der Waals surface area contributed by atoms with Crippen molar-refractivity contribution in [3.05, 3.63) is 46.8 Å². The highest BCUT2D eigenvalue weighted by atomic mass is 16.3. The first-order valence-electron chi connectivity index (χ1n) is 4.86. The van der Waals surface area contributed by atoms with Crippen molar-refractivity contribution >= 4 is 10.9 Å². The zero-order chi connectivity index (χ0) is 11.3. The maximum Gasteiger partial charge on any atom is 0.248 e. The molecular weight excluding hydrogens is 190 g/mol. The van der Waals surface area contributed by atoms with Crippen molar-refractivity contribution < 1.29 is 5.11 Å². The molecule has 0 amide bonds. The molecule has 2 aromatic rings. The maximum atomic E-state index is 10.8. The van der Waals surface area contributed by atoms with Gasteiger partial charge in [-0.1, -0.05) is 18.2 Å². The van der Waals surface area contributed by atoms with Gasteiger partial charge in [0.1, 0.15) is 0 Å². The molecule has 0 aliphatic carbocycles. The second-order valence-corrected chi connectivity index (χ2v) is 3.50. The second-order valence-electron chi connectivity index (χ2n) is 3.50. The lowest BCUT2D eigenvalue weighted by Gasteiger charge is -1.93. The van der Waals surface area contributed by atoms with Crippen molar-refractivity contribution in [3.63, 3.8) is 0 Å². The number of rotatable bonds is 0. The third-order valence-corrected chi connectivity index (χ3v) is 1.63. The van der Waals surface area contributed by atoms with Crippen LogP contribution in [0.2, 0.25) is 0 Å². The first kappa shape index (κ1) is 11.5. The van der Waals surface area contributed by atoms with Gasteiger partial charge in [0.25, 0.3) is 0 Å². The number of pyridine rings is 1. The zero-order valence-corrected chi connectivity index (χ0v) is 8.90. The van der Waals surface area contributed by atoms with Crippen LogP contribution in [0.15, 0.2) is 41.2 Å². The summed E-state index contributed by atoms with van der Waals surface area (Å²) < 4.78 is 0. The van der Waals surface area contributed by atoms with Gasteiger partial charge in [-0.15, -0.1) is 0 Å². The van der Waals surface area contributed by atoms with Gasteiger partial charge >= 0.3 is 0 Å². The van der Waals surface area contributed by atoms with Gasteiger partial charge < -0.3 is 10.1 Å². The van der Waals surface area contributed by atoms with Crippen LogP contribution >= 0.6 is 0 Å². The number of para-hydroxylation sites is 1. The Morgan fingerprint density at radius 1 is 1.13 bits per heavy atom. The molecule has 0 fully saturated rings. The minimum absolute atomic E-state index is 0.0521. The van der Waals surface area contributed by atoms with Gasteiger partial charge in [0.05, 0.1) is 0 Å². The molecular formula is C12H15NO2. The summed E-state index contributed by atoms with van der Waals surface area (Å²) in [5.74, 6) is 0. The first-order chi connectivity index (χ1) is 7.09.